The van der Waals surface area contributed by atoms with Gasteiger partial charge < -0.3 is 0 Å². The van der Waals surface area contributed by atoms with E-state index in [0.29, 0.717) is 0 Å². The van der Waals surface area contributed by atoms with Crippen molar-refractivity contribution in [1.82, 2.24) is 0 Å². The maximum absolute atomic E-state index is 8.35. The second-order valence-electron chi connectivity index (χ2n) is 3.39. The number of hydrogen-bond donors (Lipinski definition) is 2. The Labute approximate surface area is 111 Å². The maximum atomic E-state index is 8.35. The lowest BCUT2D eigenvalue weighted by molar-refractivity contribution is 0.562. The van der Waals surface area contributed by atoms with Gasteiger partial charge in [0.25, 0.3) is 0 Å². The summed E-state index contributed by atoms with van der Waals surface area (Å²) in [5, 5.41) is 10.8. The lowest BCUT2D eigenvalue weighted by atomic mass is 10.0. The third kappa shape index (κ3) is 6.49. The van der Waals surface area contributed by atoms with Crippen molar-refractivity contribution in [2.75, 3.05) is 0 Å². The van der Waals surface area contributed by atoms with E-state index in [-0.39, 0.29) is 0 Å². The Morgan fingerprint density at radius 2 is 1.21 bits per heavy atom. The summed E-state index contributed by atoms with van der Waals surface area (Å²) >= 11 is 0. The molecule has 0 aliphatic rings. The minimum absolute atomic E-state index is 0.750. The monoisotopic (exact) mass is 254 g/mol. The minimum atomic E-state index is 0.750. The van der Waals surface area contributed by atoms with Crippen molar-refractivity contribution in [1.29, 1.82) is 10.8 Å². The maximum Gasteiger partial charge on any atom is 0.231 e. The smallest absolute Gasteiger partial charge is 0.222 e. The number of aryl methyl sites for hydroxylation is 1. The van der Waals surface area contributed by atoms with Gasteiger partial charge in [0.15, 0.2) is 0 Å². The molecule has 0 atom stereocenters. The Balaban J connectivity index is 0.000000465. The number of carbonyl (C=O) groups excluding carboxylic acids is 2. The second kappa shape index (κ2) is 10.4. The van der Waals surface area contributed by atoms with Gasteiger partial charge in [0.2, 0.25) is 12.2 Å². The van der Waals surface area contributed by atoms with Crippen molar-refractivity contribution in [2.24, 2.45) is 0 Å². The Morgan fingerprint density at radius 1 is 0.789 bits per heavy atom. The average Bonchev–Trinajstić information content (AvgIpc) is 2.42. The fraction of sp³-hybridized carbons (Fsp3) is 0.0667. The highest BCUT2D eigenvalue weighted by atomic mass is 16.1. The van der Waals surface area contributed by atoms with Crippen LogP contribution in [0.5, 0.6) is 0 Å². The van der Waals surface area contributed by atoms with Crippen LogP contribution in [0.3, 0.4) is 0 Å². The highest BCUT2D eigenvalue weighted by Gasteiger charge is 1.97. The molecule has 4 nitrogen and oxygen atoms in total. The first-order valence-electron chi connectivity index (χ1n) is 5.40. The third-order valence-corrected chi connectivity index (χ3v) is 2.23. The van der Waals surface area contributed by atoms with Gasteiger partial charge in [0, 0.05) is 0 Å². The molecule has 0 fully saturated rings. The zero-order valence-electron chi connectivity index (χ0n) is 10.5. The van der Waals surface area contributed by atoms with Gasteiger partial charge in [-0.2, -0.15) is 0 Å². The van der Waals surface area contributed by atoms with Crippen LogP contribution >= 0.6 is 0 Å². The molecule has 0 bridgehead atoms. The molecule has 4 heteroatoms. The van der Waals surface area contributed by atoms with E-state index < -0.39 is 0 Å². The Morgan fingerprint density at radius 3 is 1.68 bits per heavy atom. The van der Waals surface area contributed by atoms with E-state index in [9.17, 15) is 0 Å². The Kier molecular flexibility index (Phi) is 8.83. The predicted octanol–water partition coefficient (Wildman–Crippen LogP) is 3.46. The molecule has 19 heavy (non-hydrogen) atoms. The van der Waals surface area contributed by atoms with Gasteiger partial charge in [-0.1, -0.05) is 54.6 Å². The van der Waals surface area contributed by atoms with Gasteiger partial charge in [-0.15, -0.1) is 0 Å². The van der Waals surface area contributed by atoms with E-state index in [2.05, 4.69) is 55.5 Å². The van der Waals surface area contributed by atoms with E-state index in [4.69, 9.17) is 20.4 Å². The van der Waals surface area contributed by atoms with Crippen molar-refractivity contribution >= 4 is 12.2 Å². The molecular formula is C15H14N2O2. The number of nitrogens with one attached hydrogen (secondary N) is 2. The molecule has 0 aromatic heterocycles. The molecule has 0 radical (unpaired) electrons. The summed E-state index contributed by atoms with van der Waals surface area (Å²) in [7, 11) is 0. The molecule has 96 valence electrons. The highest BCUT2D eigenvalue weighted by molar-refractivity contribution is 5.66. The number of rotatable bonds is 1. The molecule has 0 aliphatic heterocycles. The van der Waals surface area contributed by atoms with Gasteiger partial charge in [0.1, 0.15) is 0 Å². The summed E-state index contributed by atoms with van der Waals surface area (Å²) in [6.07, 6.45) is 1.50. The van der Waals surface area contributed by atoms with Crippen LogP contribution in [0, 0.1) is 17.7 Å². The molecule has 0 heterocycles. The van der Waals surface area contributed by atoms with Crippen LogP contribution in [-0.4, -0.2) is 12.2 Å². The average molecular weight is 254 g/mol. The van der Waals surface area contributed by atoms with Crippen LogP contribution in [0.25, 0.3) is 11.1 Å². The minimum Gasteiger partial charge on any atom is -0.222 e. The van der Waals surface area contributed by atoms with E-state index in [0.717, 1.165) is 12.2 Å². The molecule has 0 spiro atoms. The summed E-state index contributed by atoms with van der Waals surface area (Å²) in [4.78, 5) is 16.7. The summed E-state index contributed by atoms with van der Waals surface area (Å²) in [5.74, 6) is 0. The summed E-state index contributed by atoms with van der Waals surface area (Å²) in [6.45, 7) is 2.14. The first-order chi connectivity index (χ1) is 9.21. The fourth-order valence-corrected chi connectivity index (χ4v) is 1.51. The molecule has 0 saturated carbocycles. The zero-order valence-corrected chi connectivity index (χ0v) is 10.5. The van der Waals surface area contributed by atoms with Gasteiger partial charge in [-0.25, -0.2) is 20.4 Å². The van der Waals surface area contributed by atoms with Crippen LogP contribution < -0.4 is 0 Å². The molecule has 0 aliphatic carbocycles. The highest BCUT2D eigenvalue weighted by Crippen LogP contribution is 2.21. The van der Waals surface area contributed by atoms with Gasteiger partial charge in [0.05, 0.1) is 0 Å². The third-order valence-electron chi connectivity index (χ3n) is 2.23. The molecule has 0 saturated heterocycles. The van der Waals surface area contributed by atoms with Gasteiger partial charge in [-0.3, -0.25) is 0 Å². The van der Waals surface area contributed by atoms with E-state index in [1.165, 1.54) is 16.7 Å². The van der Waals surface area contributed by atoms with E-state index in [1.54, 1.807) is 0 Å². The summed E-state index contributed by atoms with van der Waals surface area (Å²) in [5.41, 5.74) is 3.94. The summed E-state index contributed by atoms with van der Waals surface area (Å²) < 4.78 is 0. The van der Waals surface area contributed by atoms with Crippen molar-refractivity contribution in [2.45, 2.75) is 6.92 Å². The second-order valence-corrected chi connectivity index (χ2v) is 3.39. The number of hydrogen-bond acceptors (Lipinski definition) is 4. The van der Waals surface area contributed by atoms with Crippen LogP contribution in [-0.2, 0) is 9.59 Å². The topological polar surface area (TPSA) is 81.8 Å². The lowest BCUT2D eigenvalue weighted by Crippen LogP contribution is -1.80. The van der Waals surface area contributed by atoms with Crippen LogP contribution in [0.2, 0.25) is 0 Å². The lowest BCUT2D eigenvalue weighted by Gasteiger charge is -2.04. The van der Waals surface area contributed by atoms with Gasteiger partial charge >= 0.3 is 0 Å². The van der Waals surface area contributed by atoms with Crippen molar-refractivity contribution in [3.63, 3.8) is 0 Å². The number of benzene rings is 2. The first kappa shape index (κ1) is 16.2. The normalized spacial score (nSPS) is 7.63. The van der Waals surface area contributed by atoms with Crippen molar-refractivity contribution in [3.05, 3.63) is 60.2 Å². The molecule has 2 N–H and O–H groups in total. The molecule has 0 unspecified atom stereocenters. The quantitative estimate of drug-likeness (QED) is 0.603. The largest absolute Gasteiger partial charge is 0.231 e. The summed E-state index contributed by atoms with van der Waals surface area (Å²) in [6, 6.07) is 18.9. The van der Waals surface area contributed by atoms with Crippen molar-refractivity contribution in [3.8, 4) is 11.1 Å². The van der Waals surface area contributed by atoms with E-state index in [1.807, 2.05) is 6.07 Å². The molecule has 0 amide bonds. The van der Waals surface area contributed by atoms with Crippen LogP contribution in [0.1, 0.15) is 5.56 Å². The molecule has 2 rings (SSSR count). The van der Waals surface area contributed by atoms with Crippen LogP contribution in [0.15, 0.2) is 54.6 Å². The standard InChI is InChI=1S/C13H12.2CHNO/c1-11-7-5-6-10-13(11)12-8-3-2-4-9-12;2*2-1-3/h2-10H,1H3;2*2H. The fourth-order valence-electron chi connectivity index (χ4n) is 1.51. The Bertz CT molecular complexity index is 541. The SMILES string of the molecule is Cc1ccccc1-c1ccccc1.N=C=O.N=C=O. The predicted molar refractivity (Wildman–Crippen MR) is 73.4 cm³/mol. The van der Waals surface area contributed by atoms with Crippen molar-refractivity contribution < 1.29 is 9.59 Å². The van der Waals surface area contributed by atoms with E-state index >= 15 is 0 Å². The first-order valence-corrected chi connectivity index (χ1v) is 5.40. The molecule has 2 aromatic carbocycles. The number of isocyanates is 2. The molecular weight excluding hydrogens is 240 g/mol. The zero-order chi connectivity index (χ0) is 14.5. The Hall–Kier alpha value is -2.80. The van der Waals surface area contributed by atoms with Gasteiger partial charge in [-0.05, 0) is 23.6 Å². The molecule has 2 aromatic rings. The van der Waals surface area contributed by atoms with Crippen LogP contribution in [0.4, 0.5) is 0 Å².